The molecule has 27 heavy (non-hydrogen) atoms. The minimum atomic E-state index is -0.497. The van der Waals surface area contributed by atoms with Crippen LogP contribution in [0.4, 0.5) is 0 Å². The van der Waals surface area contributed by atoms with E-state index in [4.69, 9.17) is 7.85 Å². The van der Waals surface area contributed by atoms with Crippen LogP contribution >= 0.6 is 0 Å². The normalized spacial score (nSPS) is 11.3. The van der Waals surface area contributed by atoms with Crippen LogP contribution in [0.1, 0.15) is 35.3 Å². The van der Waals surface area contributed by atoms with Crippen LogP contribution in [-0.4, -0.2) is 35.7 Å². The van der Waals surface area contributed by atoms with Gasteiger partial charge >= 0.3 is 0 Å². The van der Waals surface area contributed by atoms with Crippen molar-refractivity contribution in [2.75, 3.05) is 7.05 Å². The van der Waals surface area contributed by atoms with Crippen molar-refractivity contribution in [3.05, 3.63) is 77.5 Å². The monoisotopic (exact) mass is 355 g/mol. The highest BCUT2D eigenvalue weighted by molar-refractivity contribution is 6.29. The van der Waals surface area contributed by atoms with E-state index < -0.39 is 5.54 Å². The highest BCUT2D eigenvalue weighted by atomic mass is 16.2. The maximum Gasteiger partial charge on any atom is 0.258 e. The largest absolute Gasteiger partial charge is 0.332 e. The number of benzene rings is 2. The molecule has 0 saturated carbocycles. The summed E-state index contributed by atoms with van der Waals surface area (Å²) in [4.78, 5) is 23.6. The van der Waals surface area contributed by atoms with Crippen molar-refractivity contribution in [2.45, 2.75) is 26.3 Å². The smallest absolute Gasteiger partial charge is 0.258 e. The van der Waals surface area contributed by atoms with E-state index in [1.54, 1.807) is 11.9 Å². The molecule has 0 N–H and O–H groups in total. The van der Waals surface area contributed by atoms with Crippen molar-refractivity contribution in [1.82, 2.24) is 14.9 Å². The minimum Gasteiger partial charge on any atom is -0.332 e. The molecule has 1 aromatic heterocycles. The molecule has 0 aliphatic heterocycles. The lowest BCUT2D eigenvalue weighted by atomic mass is 9.91. The molecule has 5 heteroatoms. The third kappa shape index (κ3) is 3.63. The van der Waals surface area contributed by atoms with Gasteiger partial charge in [-0.1, -0.05) is 54.6 Å². The Bertz CT molecular complexity index is 970. The molecule has 0 aliphatic rings. The first-order chi connectivity index (χ1) is 12.8. The molecule has 0 bridgehead atoms. The van der Waals surface area contributed by atoms with Crippen molar-refractivity contribution < 1.29 is 4.79 Å². The third-order valence-corrected chi connectivity index (χ3v) is 5.06. The number of aryl methyl sites for hydroxylation is 1. The van der Waals surface area contributed by atoms with Gasteiger partial charge in [0.25, 0.3) is 5.91 Å². The van der Waals surface area contributed by atoms with Crippen molar-refractivity contribution in [1.29, 1.82) is 0 Å². The third-order valence-electron chi connectivity index (χ3n) is 5.06. The number of hydrogen-bond acceptors (Lipinski definition) is 3. The Morgan fingerprint density at radius 3 is 2.33 bits per heavy atom. The van der Waals surface area contributed by atoms with Crippen molar-refractivity contribution in [2.24, 2.45) is 0 Å². The molecule has 3 rings (SSSR count). The minimum absolute atomic E-state index is 0.148. The highest BCUT2D eigenvalue weighted by Gasteiger charge is 2.31. The van der Waals surface area contributed by atoms with Crippen LogP contribution < -0.4 is 5.72 Å². The van der Waals surface area contributed by atoms with E-state index in [2.05, 4.69) is 9.97 Å². The van der Waals surface area contributed by atoms with E-state index in [-0.39, 0.29) is 11.6 Å². The predicted octanol–water partition coefficient (Wildman–Crippen LogP) is 3.25. The first-order valence-electron chi connectivity index (χ1n) is 8.84. The lowest BCUT2D eigenvalue weighted by Gasteiger charge is -2.36. The van der Waals surface area contributed by atoms with Gasteiger partial charge in [0, 0.05) is 18.8 Å². The molecule has 134 valence electrons. The molecular weight excluding hydrogens is 333 g/mol. The van der Waals surface area contributed by atoms with Gasteiger partial charge in [-0.25, -0.2) is 4.98 Å². The van der Waals surface area contributed by atoms with Crippen LogP contribution in [0, 0.1) is 6.92 Å². The molecule has 1 amide bonds. The summed E-state index contributed by atoms with van der Waals surface area (Å²) in [5, 5.41) is 0. The Kier molecular flexibility index (Phi) is 5.13. The maximum atomic E-state index is 13.4. The second-order valence-corrected chi connectivity index (χ2v) is 7.09. The van der Waals surface area contributed by atoms with Crippen molar-refractivity contribution in [3.63, 3.8) is 0 Å². The van der Waals surface area contributed by atoms with Gasteiger partial charge in [-0.3, -0.25) is 9.78 Å². The molecule has 0 aliphatic carbocycles. The number of amides is 1. The van der Waals surface area contributed by atoms with Gasteiger partial charge in [0.15, 0.2) is 7.85 Å². The summed E-state index contributed by atoms with van der Waals surface area (Å²) < 4.78 is 0. The zero-order valence-electron chi connectivity index (χ0n) is 16.1. The number of rotatable bonds is 4. The predicted molar refractivity (Wildman–Crippen MR) is 109 cm³/mol. The summed E-state index contributed by atoms with van der Waals surface area (Å²) >= 11 is 0. The summed E-state index contributed by atoms with van der Waals surface area (Å²) in [5.41, 5.74) is 3.59. The van der Waals surface area contributed by atoms with Gasteiger partial charge in [-0.15, -0.1) is 0 Å². The van der Waals surface area contributed by atoms with Crippen LogP contribution in [0.5, 0.6) is 0 Å². The molecule has 3 aromatic rings. The topological polar surface area (TPSA) is 46.1 Å². The zero-order valence-corrected chi connectivity index (χ0v) is 16.1. The Balaban J connectivity index is 2.06. The fourth-order valence-corrected chi connectivity index (χ4v) is 3.07. The molecule has 2 radical (unpaired) electrons. The van der Waals surface area contributed by atoms with E-state index in [0.717, 1.165) is 16.7 Å². The Morgan fingerprint density at radius 2 is 1.67 bits per heavy atom. The number of nitrogens with zero attached hydrogens (tertiary/aromatic N) is 3. The van der Waals surface area contributed by atoms with Gasteiger partial charge in [0.2, 0.25) is 0 Å². The van der Waals surface area contributed by atoms with Crippen molar-refractivity contribution >= 4 is 19.5 Å². The zero-order chi connectivity index (χ0) is 19.6. The van der Waals surface area contributed by atoms with E-state index in [9.17, 15) is 4.79 Å². The first kappa shape index (κ1) is 18.8. The lowest BCUT2D eigenvalue weighted by Crippen LogP contribution is -2.43. The molecule has 0 fully saturated rings. The van der Waals surface area contributed by atoms with Gasteiger partial charge < -0.3 is 4.90 Å². The molecule has 0 saturated heterocycles. The molecule has 1 heterocycles. The van der Waals surface area contributed by atoms with Crippen LogP contribution in [0.2, 0.25) is 0 Å². The van der Waals surface area contributed by atoms with E-state index in [1.165, 1.54) is 6.20 Å². The van der Waals surface area contributed by atoms with E-state index in [1.807, 2.05) is 75.4 Å². The number of carbonyl (C=O) groups is 1. The van der Waals surface area contributed by atoms with Gasteiger partial charge in [-0.2, -0.15) is 0 Å². The van der Waals surface area contributed by atoms with Gasteiger partial charge in [0.05, 0.1) is 22.5 Å². The lowest BCUT2D eigenvalue weighted by molar-refractivity contribution is 0.0622. The second-order valence-electron chi connectivity index (χ2n) is 7.09. The molecular formula is C22H22BN3O. The van der Waals surface area contributed by atoms with Gasteiger partial charge in [0.1, 0.15) is 0 Å². The van der Waals surface area contributed by atoms with Gasteiger partial charge in [-0.05, 0) is 31.9 Å². The number of aromatic nitrogens is 2. The molecule has 2 aromatic carbocycles. The van der Waals surface area contributed by atoms with E-state index >= 15 is 0 Å². The van der Waals surface area contributed by atoms with Crippen LogP contribution in [0.15, 0.2) is 60.8 Å². The van der Waals surface area contributed by atoms with Crippen molar-refractivity contribution in [3.8, 4) is 11.3 Å². The van der Waals surface area contributed by atoms with E-state index in [0.29, 0.717) is 11.3 Å². The summed E-state index contributed by atoms with van der Waals surface area (Å²) in [5.74, 6) is -0.151. The Morgan fingerprint density at radius 1 is 1.04 bits per heavy atom. The fraction of sp³-hybridized carbons (Fsp3) is 0.227. The molecule has 0 unspecified atom stereocenters. The van der Waals surface area contributed by atoms with Crippen LogP contribution in [0.25, 0.3) is 11.3 Å². The highest BCUT2D eigenvalue weighted by Crippen LogP contribution is 2.30. The Labute approximate surface area is 161 Å². The molecule has 0 spiro atoms. The first-order valence-corrected chi connectivity index (χ1v) is 8.84. The standard InChI is InChI=1S/C22H22BN3O/c1-15-10-8-9-13-17(15)19-18(14-24-21(23)25-19)20(27)26(4)22(2,3)16-11-6-5-7-12-16/h5-14H,1-4H3. The summed E-state index contributed by atoms with van der Waals surface area (Å²) in [6, 6.07) is 17.8. The SMILES string of the molecule is [B]c1ncc(C(=O)N(C)C(C)(C)c2ccccc2)c(-c2ccccc2C)n1. The summed E-state index contributed by atoms with van der Waals surface area (Å²) in [7, 11) is 7.62. The average molecular weight is 355 g/mol. The number of carbonyl (C=O) groups excluding carboxylic acids is 1. The summed E-state index contributed by atoms with van der Waals surface area (Å²) in [6.45, 7) is 6.02. The second kappa shape index (κ2) is 7.35. The number of hydrogen-bond donors (Lipinski definition) is 0. The Hall–Kier alpha value is -2.95. The average Bonchev–Trinajstić information content (AvgIpc) is 2.68. The van der Waals surface area contributed by atoms with Crippen LogP contribution in [0.3, 0.4) is 0 Å². The summed E-state index contributed by atoms with van der Waals surface area (Å²) in [6.07, 6.45) is 1.52. The molecule has 0 atom stereocenters. The fourth-order valence-electron chi connectivity index (χ4n) is 3.07. The van der Waals surface area contributed by atoms with Crippen LogP contribution in [-0.2, 0) is 5.54 Å². The molecule has 4 nitrogen and oxygen atoms in total. The quantitative estimate of drug-likeness (QED) is 0.675. The maximum absolute atomic E-state index is 13.4.